The average molecular weight is 366 g/mol. The first kappa shape index (κ1) is 16.7. The van der Waals surface area contributed by atoms with Crippen LogP contribution in [0.4, 0.5) is 5.69 Å². The van der Waals surface area contributed by atoms with E-state index in [4.69, 9.17) is 4.42 Å². The fourth-order valence-electron chi connectivity index (χ4n) is 2.86. The van der Waals surface area contributed by atoms with Gasteiger partial charge in [0.2, 0.25) is 5.91 Å². The van der Waals surface area contributed by atoms with Gasteiger partial charge in [0.15, 0.2) is 5.58 Å². The first-order valence-electron chi connectivity index (χ1n) is 8.24. The monoisotopic (exact) mass is 366 g/mol. The summed E-state index contributed by atoms with van der Waals surface area (Å²) >= 11 is 1.36. The van der Waals surface area contributed by atoms with Gasteiger partial charge in [0.25, 0.3) is 0 Å². The molecule has 26 heavy (non-hydrogen) atoms. The summed E-state index contributed by atoms with van der Waals surface area (Å²) in [5.74, 6) is 1.03. The summed E-state index contributed by atoms with van der Waals surface area (Å²) in [6.45, 7) is 5.99. The van der Waals surface area contributed by atoms with Gasteiger partial charge >= 0.3 is 0 Å². The number of aryl methyl sites for hydroxylation is 3. The molecule has 4 rings (SSSR count). The third-order valence-electron chi connectivity index (χ3n) is 4.32. The van der Waals surface area contributed by atoms with E-state index in [9.17, 15) is 4.79 Å². The van der Waals surface area contributed by atoms with E-state index < -0.39 is 0 Å². The highest BCUT2D eigenvalue weighted by atomic mass is 32.2. The number of hydrogen-bond donors (Lipinski definition) is 1. The zero-order valence-corrected chi connectivity index (χ0v) is 15.6. The molecule has 0 radical (unpaired) electrons. The zero-order valence-electron chi connectivity index (χ0n) is 14.7. The fraction of sp³-hybridized carbons (Fsp3) is 0.211. The summed E-state index contributed by atoms with van der Waals surface area (Å²) in [4.78, 5) is 12.3. The van der Waals surface area contributed by atoms with Gasteiger partial charge < -0.3 is 9.73 Å². The second-order valence-electron chi connectivity index (χ2n) is 6.28. The molecular formula is C19H18N4O2S. The molecule has 3 heterocycles. The van der Waals surface area contributed by atoms with E-state index in [2.05, 4.69) is 15.5 Å². The number of nitrogens with one attached hydrogen (secondary N) is 1. The van der Waals surface area contributed by atoms with Gasteiger partial charge in [-0.25, -0.2) is 0 Å². The highest BCUT2D eigenvalue weighted by molar-refractivity contribution is 8.00. The number of amides is 1. The number of nitrogens with zero attached hydrogens (tertiary/aromatic N) is 3. The van der Waals surface area contributed by atoms with Crippen LogP contribution in [0.3, 0.4) is 0 Å². The molecule has 1 aromatic carbocycles. The van der Waals surface area contributed by atoms with Crippen LogP contribution in [0, 0.1) is 20.8 Å². The minimum atomic E-state index is -0.0758. The lowest BCUT2D eigenvalue weighted by molar-refractivity contribution is -0.113. The third-order valence-corrected chi connectivity index (χ3v) is 5.29. The van der Waals surface area contributed by atoms with Crippen LogP contribution in [-0.2, 0) is 4.79 Å². The fourth-order valence-corrected chi connectivity index (χ4v) is 3.61. The lowest BCUT2D eigenvalue weighted by Crippen LogP contribution is -2.14. The molecule has 0 saturated carbocycles. The smallest absolute Gasteiger partial charge is 0.234 e. The predicted molar refractivity (Wildman–Crippen MR) is 103 cm³/mol. The minimum absolute atomic E-state index is 0.0758. The second-order valence-corrected chi connectivity index (χ2v) is 7.24. The first-order valence-corrected chi connectivity index (χ1v) is 9.22. The molecule has 0 aliphatic carbocycles. The van der Waals surface area contributed by atoms with Gasteiger partial charge in [-0.2, -0.15) is 0 Å². The number of thioether (sulfide) groups is 1. The number of rotatable bonds is 4. The van der Waals surface area contributed by atoms with Crippen molar-refractivity contribution in [3.8, 4) is 0 Å². The molecule has 0 fully saturated rings. The molecule has 1 N–H and O–H groups in total. The molecule has 7 heteroatoms. The first-order chi connectivity index (χ1) is 12.5. The number of aromatic nitrogens is 3. The molecule has 132 valence electrons. The summed E-state index contributed by atoms with van der Waals surface area (Å²) in [5, 5.41) is 11.9. The number of hydrogen-bond acceptors (Lipinski definition) is 5. The predicted octanol–water partition coefficient (Wildman–Crippen LogP) is 4.13. The van der Waals surface area contributed by atoms with Crippen molar-refractivity contribution in [3.63, 3.8) is 0 Å². The van der Waals surface area contributed by atoms with E-state index in [1.54, 1.807) is 6.33 Å². The van der Waals surface area contributed by atoms with Crippen molar-refractivity contribution in [2.75, 3.05) is 11.1 Å². The maximum absolute atomic E-state index is 12.3. The summed E-state index contributed by atoms with van der Waals surface area (Å²) < 4.78 is 7.60. The molecule has 0 bridgehead atoms. The maximum Gasteiger partial charge on any atom is 0.234 e. The van der Waals surface area contributed by atoms with E-state index in [-0.39, 0.29) is 11.7 Å². The van der Waals surface area contributed by atoms with Gasteiger partial charge in [0, 0.05) is 17.8 Å². The molecular weight excluding hydrogens is 348 g/mol. The second kappa shape index (κ2) is 6.49. The van der Waals surface area contributed by atoms with Crippen molar-refractivity contribution in [1.82, 2.24) is 14.6 Å². The average Bonchev–Trinajstić information content (AvgIpc) is 3.13. The number of carbonyl (C=O) groups is 1. The Morgan fingerprint density at radius 1 is 1.15 bits per heavy atom. The Bertz CT molecular complexity index is 1130. The van der Waals surface area contributed by atoms with Crippen molar-refractivity contribution >= 4 is 40.0 Å². The highest BCUT2D eigenvalue weighted by Gasteiger charge is 2.14. The van der Waals surface area contributed by atoms with Crippen molar-refractivity contribution in [1.29, 1.82) is 0 Å². The molecule has 0 aliphatic rings. The summed E-state index contributed by atoms with van der Waals surface area (Å²) in [5.41, 5.74) is 5.79. The minimum Gasteiger partial charge on any atom is -0.460 e. The van der Waals surface area contributed by atoms with Crippen LogP contribution in [0.1, 0.15) is 16.9 Å². The molecule has 4 aromatic rings. The normalized spacial score (nSPS) is 11.3. The number of benzene rings is 1. The van der Waals surface area contributed by atoms with Crippen LogP contribution < -0.4 is 5.32 Å². The molecule has 0 aliphatic heterocycles. The van der Waals surface area contributed by atoms with Gasteiger partial charge in [-0.05, 0) is 44.0 Å². The SMILES string of the molecule is Cc1cc2c(cc3c(SCC(=O)Nc4ccc(C)c(C)c4)nncn32)o1. The number of anilines is 1. The molecule has 1 amide bonds. The van der Waals surface area contributed by atoms with Gasteiger partial charge in [-0.15, -0.1) is 10.2 Å². The van der Waals surface area contributed by atoms with E-state index in [0.29, 0.717) is 5.03 Å². The molecule has 6 nitrogen and oxygen atoms in total. The number of fused-ring (bicyclic) bond motifs is 3. The van der Waals surface area contributed by atoms with Crippen LogP contribution in [0.25, 0.3) is 16.6 Å². The molecule has 0 saturated heterocycles. The van der Waals surface area contributed by atoms with Crippen molar-refractivity contribution < 1.29 is 9.21 Å². The Morgan fingerprint density at radius 2 is 2.00 bits per heavy atom. The molecule has 0 spiro atoms. The van der Waals surface area contributed by atoms with Crippen LogP contribution in [-0.4, -0.2) is 26.3 Å². The van der Waals surface area contributed by atoms with Crippen molar-refractivity contribution in [2.45, 2.75) is 25.8 Å². The van der Waals surface area contributed by atoms with E-state index in [0.717, 1.165) is 33.6 Å². The Hall–Kier alpha value is -2.80. The number of furan rings is 1. The summed E-state index contributed by atoms with van der Waals surface area (Å²) in [6.07, 6.45) is 1.66. The van der Waals surface area contributed by atoms with Crippen LogP contribution in [0.2, 0.25) is 0 Å². The van der Waals surface area contributed by atoms with Crippen LogP contribution >= 0.6 is 11.8 Å². The van der Waals surface area contributed by atoms with Crippen LogP contribution in [0.15, 0.2) is 46.1 Å². The van der Waals surface area contributed by atoms with E-state index >= 15 is 0 Å². The molecule has 3 aromatic heterocycles. The van der Waals surface area contributed by atoms with Crippen molar-refractivity contribution in [2.24, 2.45) is 0 Å². The van der Waals surface area contributed by atoms with E-state index in [1.165, 1.54) is 17.3 Å². The van der Waals surface area contributed by atoms with Crippen molar-refractivity contribution in [3.05, 3.63) is 53.5 Å². The largest absolute Gasteiger partial charge is 0.460 e. The molecule has 0 unspecified atom stereocenters. The Kier molecular flexibility index (Phi) is 4.16. The van der Waals surface area contributed by atoms with Crippen LogP contribution in [0.5, 0.6) is 0 Å². The maximum atomic E-state index is 12.3. The zero-order chi connectivity index (χ0) is 18.3. The van der Waals surface area contributed by atoms with Gasteiger partial charge in [-0.1, -0.05) is 17.8 Å². The number of carbonyl (C=O) groups excluding carboxylic acids is 1. The third kappa shape index (κ3) is 3.06. The van der Waals surface area contributed by atoms with Gasteiger partial charge in [-0.3, -0.25) is 9.20 Å². The molecule has 0 atom stereocenters. The standard InChI is InChI=1S/C19H18N4O2S/c1-11-4-5-14(6-12(11)2)21-18(24)9-26-19-16-8-17-15(7-13(3)25-17)23(16)10-20-22-19/h4-8,10H,9H2,1-3H3,(H,21,24). The Balaban J connectivity index is 1.51. The Labute approximate surface area is 154 Å². The summed E-state index contributed by atoms with van der Waals surface area (Å²) in [6, 6.07) is 9.78. The Morgan fingerprint density at radius 3 is 2.81 bits per heavy atom. The van der Waals surface area contributed by atoms with E-state index in [1.807, 2.05) is 55.5 Å². The lowest BCUT2D eigenvalue weighted by Gasteiger charge is -2.07. The lowest BCUT2D eigenvalue weighted by atomic mass is 10.1. The summed E-state index contributed by atoms with van der Waals surface area (Å²) in [7, 11) is 0. The quantitative estimate of drug-likeness (QED) is 0.550. The van der Waals surface area contributed by atoms with Gasteiger partial charge in [0.05, 0.1) is 16.8 Å². The van der Waals surface area contributed by atoms with Gasteiger partial charge in [0.1, 0.15) is 17.1 Å². The topological polar surface area (TPSA) is 72.4 Å². The highest BCUT2D eigenvalue weighted by Crippen LogP contribution is 2.28.